The molecule has 1 N–H and O–H groups in total. The summed E-state index contributed by atoms with van der Waals surface area (Å²) < 4.78 is 1.66. The summed E-state index contributed by atoms with van der Waals surface area (Å²) in [7, 11) is 1.81. The van der Waals surface area contributed by atoms with E-state index in [1.807, 2.05) is 13.2 Å². The van der Waals surface area contributed by atoms with Crippen molar-refractivity contribution < 1.29 is 14.7 Å². The molecule has 2 aliphatic rings. The van der Waals surface area contributed by atoms with Crippen LogP contribution in [0.5, 0.6) is 0 Å². The first kappa shape index (κ1) is 14.8. The van der Waals surface area contributed by atoms with Crippen LogP contribution in [0, 0.1) is 5.92 Å². The van der Waals surface area contributed by atoms with Crippen molar-refractivity contribution >= 4 is 18.0 Å². The minimum absolute atomic E-state index is 0.0842. The van der Waals surface area contributed by atoms with Crippen LogP contribution in [0.1, 0.15) is 37.7 Å². The minimum Gasteiger partial charge on any atom is -0.480 e. The lowest BCUT2D eigenvalue weighted by molar-refractivity contribution is -0.147. The van der Waals surface area contributed by atoms with Crippen molar-refractivity contribution in [3.8, 4) is 0 Å². The van der Waals surface area contributed by atoms with Gasteiger partial charge in [0.1, 0.15) is 6.04 Å². The quantitative estimate of drug-likeness (QED) is 0.862. The van der Waals surface area contributed by atoms with Crippen LogP contribution in [-0.4, -0.2) is 43.7 Å². The molecule has 2 fully saturated rings. The monoisotopic (exact) mass is 303 g/mol. The van der Waals surface area contributed by atoms with Gasteiger partial charge in [0.15, 0.2) is 0 Å². The van der Waals surface area contributed by atoms with Crippen LogP contribution in [0.2, 0.25) is 0 Å². The van der Waals surface area contributed by atoms with Crippen molar-refractivity contribution in [2.24, 2.45) is 13.0 Å². The largest absolute Gasteiger partial charge is 0.480 e. The van der Waals surface area contributed by atoms with Gasteiger partial charge in [0.2, 0.25) is 5.91 Å². The lowest BCUT2D eigenvalue weighted by Crippen LogP contribution is -2.45. The Morgan fingerprint density at radius 2 is 2.14 bits per heavy atom. The third-order valence-corrected chi connectivity index (χ3v) is 4.77. The number of carboxylic acid groups (broad SMARTS) is 1. The van der Waals surface area contributed by atoms with E-state index in [1.165, 1.54) is 6.08 Å². The van der Waals surface area contributed by atoms with Gasteiger partial charge in [-0.2, -0.15) is 5.10 Å². The predicted octanol–water partition coefficient (Wildman–Crippen LogP) is 1.68. The van der Waals surface area contributed by atoms with Gasteiger partial charge in [0.05, 0.1) is 6.20 Å². The van der Waals surface area contributed by atoms with Gasteiger partial charge in [-0.25, -0.2) is 4.79 Å². The van der Waals surface area contributed by atoms with Crippen molar-refractivity contribution in [1.82, 2.24) is 14.7 Å². The van der Waals surface area contributed by atoms with Crippen LogP contribution in [0.3, 0.4) is 0 Å². The molecule has 1 aliphatic carbocycles. The molecule has 0 radical (unpaired) electrons. The third kappa shape index (κ3) is 2.77. The topological polar surface area (TPSA) is 75.4 Å². The highest BCUT2D eigenvalue weighted by Gasteiger charge is 2.46. The van der Waals surface area contributed by atoms with Gasteiger partial charge >= 0.3 is 5.97 Å². The molecule has 6 nitrogen and oxygen atoms in total. The number of rotatable bonds is 3. The molecule has 1 aromatic heterocycles. The molecule has 118 valence electrons. The summed E-state index contributed by atoms with van der Waals surface area (Å²) in [5.41, 5.74) is 0.835. The summed E-state index contributed by atoms with van der Waals surface area (Å²) in [4.78, 5) is 25.6. The Hall–Kier alpha value is -2.11. The van der Waals surface area contributed by atoms with Crippen molar-refractivity contribution in [3.63, 3.8) is 0 Å². The van der Waals surface area contributed by atoms with E-state index in [1.54, 1.807) is 21.9 Å². The maximum Gasteiger partial charge on any atom is 0.326 e. The number of aliphatic carboxylic acids is 1. The predicted molar refractivity (Wildman–Crippen MR) is 80.9 cm³/mol. The summed E-state index contributed by atoms with van der Waals surface area (Å²) in [6.07, 6.45) is 11.4. The summed E-state index contributed by atoms with van der Waals surface area (Å²) in [6, 6.07) is -0.597. The zero-order chi connectivity index (χ0) is 15.7. The Morgan fingerprint density at radius 1 is 1.36 bits per heavy atom. The number of carbonyl (C=O) groups excluding carboxylic acids is 1. The summed E-state index contributed by atoms with van der Waals surface area (Å²) in [5, 5.41) is 13.5. The molecule has 3 rings (SSSR count). The number of aryl methyl sites for hydroxylation is 1. The summed E-state index contributed by atoms with van der Waals surface area (Å²) in [5.74, 6) is -0.756. The van der Waals surface area contributed by atoms with Gasteiger partial charge in [-0.15, -0.1) is 0 Å². The van der Waals surface area contributed by atoms with Crippen LogP contribution in [0.15, 0.2) is 18.5 Å². The molecule has 1 aromatic rings. The maximum atomic E-state index is 12.5. The van der Waals surface area contributed by atoms with E-state index < -0.39 is 12.0 Å². The lowest BCUT2D eigenvalue weighted by Gasteiger charge is -2.32. The van der Waals surface area contributed by atoms with E-state index in [9.17, 15) is 14.7 Å². The first-order valence-electron chi connectivity index (χ1n) is 7.78. The molecule has 0 spiro atoms. The third-order valence-electron chi connectivity index (χ3n) is 4.77. The Labute approximate surface area is 129 Å². The molecule has 0 bridgehead atoms. The number of hydrogen-bond donors (Lipinski definition) is 1. The summed E-state index contributed by atoms with van der Waals surface area (Å²) >= 11 is 0. The average molecular weight is 303 g/mol. The van der Waals surface area contributed by atoms with Crippen molar-refractivity contribution in [3.05, 3.63) is 24.0 Å². The second kappa shape index (κ2) is 5.94. The van der Waals surface area contributed by atoms with Gasteiger partial charge in [0, 0.05) is 30.9 Å². The Morgan fingerprint density at radius 3 is 2.82 bits per heavy atom. The molecule has 1 saturated heterocycles. The van der Waals surface area contributed by atoms with Crippen LogP contribution < -0.4 is 0 Å². The molecule has 6 heteroatoms. The van der Waals surface area contributed by atoms with Crippen molar-refractivity contribution in [2.75, 3.05) is 0 Å². The summed E-state index contributed by atoms with van der Waals surface area (Å²) in [6.45, 7) is 0. The van der Waals surface area contributed by atoms with E-state index >= 15 is 0 Å². The molecule has 1 saturated carbocycles. The first-order valence-corrected chi connectivity index (χ1v) is 7.78. The fourth-order valence-electron chi connectivity index (χ4n) is 3.78. The van der Waals surface area contributed by atoms with E-state index in [2.05, 4.69) is 5.10 Å². The Balaban J connectivity index is 1.78. The van der Waals surface area contributed by atoms with Crippen LogP contribution >= 0.6 is 0 Å². The number of carboxylic acids is 1. The lowest BCUT2D eigenvalue weighted by atomic mass is 9.85. The zero-order valence-corrected chi connectivity index (χ0v) is 12.7. The second-order valence-electron chi connectivity index (χ2n) is 6.23. The maximum absolute atomic E-state index is 12.5. The highest BCUT2D eigenvalue weighted by molar-refractivity contribution is 5.95. The molecule has 3 atom stereocenters. The van der Waals surface area contributed by atoms with Crippen molar-refractivity contribution in [1.29, 1.82) is 0 Å². The van der Waals surface area contributed by atoms with Crippen LogP contribution in [-0.2, 0) is 16.6 Å². The molecule has 2 heterocycles. The fourth-order valence-corrected chi connectivity index (χ4v) is 3.78. The molecular formula is C16H21N3O3. The van der Waals surface area contributed by atoms with Crippen LogP contribution in [0.4, 0.5) is 0 Å². The van der Waals surface area contributed by atoms with Gasteiger partial charge < -0.3 is 10.0 Å². The molecular weight excluding hydrogens is 282 g/mol. The average Bonchev–Trinajstić information content (AvgIpc) is 3.08. The highest BCUT2D eigenvalue weighted by atomic mass is 16.4. The van der Waals surface area contributed by atoms with E-state index in [0.717, 1.165) is 31.2 Å². The Bertz CT molecular complexity index is 608. The SMILES string of the molecule is Cn1cc(/C=C/C(=O)N2C(C(=O)O)CC3CCCCC32)cn1. The highest BCUT2D eigenvalue weighted by Crippen LogP contribution is 2.39. The number of amides is 1. The molecule has 3 unspecified atom stereocenters. The smallest absolute Gasteiger partial charge is 0.326 e. The molecule has 1 aliphatic heterocycles. The Kier molecular flexibility index (Phi) is 4.00. The van der Waals surface area contributed by atoms with E-state index in [0.29, 0.717) is 12.3 Å². The first-order chi connectivity index (χ1) is 10.6. The second-order valence-corrected chi connectivity index (χ2v) is 6.23. The number of nitrogens with zero attached hydrogens (tertiary/aromatic N) is 3. The van der Waals surface area contributed by atoms with Crippen LogP contribution in [0.25, 0.3) is 6.08 Å². The van der Waals surface area contributed by atoms with Gasteiger partial charge in [-0.05, 0) is 31.3 Å². The number of hydrogen-bond acceptors (Lipinski definition) is 3. The number of likely N-dealkylation sites (tertiary alicyclic amines) is 1. The number of aromatic nitrogens is 2. The van der Waals surface area contributed by atoms with E-state index in [-0.39, 0.29) is 11.9 Å². The minimum atomic E-state index is -0.891. The molecule has 1 amide bonds. The van der Waals surface area contributed by atoms with Gasteiger partial charge in [-0.1, -0.05) is 12.8 Å². The standard InChI is InChI=1S/C16H21N3O3/c1-18-10-11(9-17-18)6-7-15(20)19-13-5-3-2-4-12(13)8-14(19)16(21)22/h6-7,9-10,12-14H,2-5,8H2,1H3,(H,21,22)/b7-6+. The normalized spacial score (nSPS) is 28.0. The number of fused-ring (bicyclic) bond motifs is 1. The van der Waals surface area contributed by atoms with E-state index in [4.69, 9.17) is 0 Å². The van der Waals surface area contributed by atoms with Crippen molar-refractivity contribution in [2.45, 2.75) is 44.2 Å². The van der Waals surface area contributed by atoms with Gasteiger partial charge in [-0.3, -0.25) is 9.48 Å². The van der Waals surface area contributed by atoms with Gasteiger partial charge in [0.25, 0.3) is 0 Å². The molecule has 0 aromatic carbocycles. The molecule has 22 heavy (non-hydrogen) atoms. The number of carbonyl (C=O) groups is 2. The fraction of sp³-hybridized carbons (Fsp3) is 0.562. The zero-order valence-electron chi connectivity index (χ0n) is 12.7.